The van der Waals surface area contributed by atoms with E-state index in [1.165, 1.54) is 30.3 Å². The first kappa shape index (κ1) is 13.6. The third kappa shape index (κ3) is 2.86. The van der Waals surface area contributed by atoms with Gasteiger partial charge in [0.05, 0.1) is 11.7 Å². The predicted molar refractivity (Wildman–Crippen MR) is 79.8 cm³/mol. The normalized spacial score (nSPS) is 18.4. The second-order valence-electron chi connectivity index (χ2n) is 5.53. The number of hydrogen-bond donors (Lipinski definition) is 1. The van der Waals surface area contributed by atoms with Gasteiger partial charge in [-0.15, -0.1) is 0 Å². The summed E-state index contributed by atoms with van der Waals surface area (Å²) in [5.74, 6) is 0.756. The average molecular weight is 273 g/mol. The number of fused-ring (bicyclic) bond motifs is 1. The summed E-state index contributed by atoms with van der Waals surface area (Å²) in [6.45, 7) is 4.98. The average Bonchev–Trinajstić information content (AvgIpc) is 2.92. The van der Waals surface area contributed by atoms with Crippen molar-refractivity contribution in [2.45, 2.75) is 32.2 Å². The van der Waals surface area contributed by atoms with Crippen molar-refractivity contribution in [3.63, 3.8) is 0 Å². The molecule has 0 aromatic carbocycles. The monoisotopic (exact) mass is 273 g/mol. The highest BCUT2D eigenvalue weighted by molar-refractivity contribution is 5.54. The lowest BCUT2D eigenvalue weighted by Gasteiger charge is -2.27. The number of nitrogens with zero attached hydrogens (tertiary/aromatic N) is 2. The highest BCUT2D eigenvalue weighted by Crippen LogP contribution is 2.29. The second kappa shape index (κ2) is 6.37. The lowest BCUT2D eigenvalue weighted by molar-refractivity contribution is 0.0606. The Morgan fingerprint density at radius 3 is 3.05 bits per heavy atom. The maximum atomic E-state index is 5.47. The maximum Gasteiger partial charge on any atom is 0.0709 e. The van der Waals surface area contributed by atoms with Gasteiger partial charge in [-0.1, -0.05) is 13.0 Å². The summed E-state index contributed by atoms with van der Waals surface area (Å²) >= 11 is 0. The van der Waals surface area contributed by atoms with Gasteiger partial charge in [0.1, 0.15) is 0 Å². The molecule has 0 radical (unpaired) electrons. The van der Waals surface area contributed by atoms with Crippen LogP contribution in [-0.2, 0) is 4.74 Å². The van der Waals surface area contributed by atoms with Gasteiger partial charge in [-0.05, 0) is 43.9 Å². The molecule has 0 bridgehead atoms. The van der Waals surface area contributed by atoms with Gasteiger partial charge in [0.15, 0.2) is 0 Å². The quantitative estimate of drug-likeness (QED) is 0.910. The molecule has 1 saturated heterocycles. The number of rotatable bonds is 5. The minimum atomic E-state index is 0.392. The van der Waals surface area contributed by atoms with Gasteiger partial charge in [0.2, 0.25) is 0 Å². The van der Waals surface area contributed by atoms with Crippen molar-refractivity contribution in [3.8, 4) is 0 Å². The molecule has 1 aliphatic heterocycles. The van der Waals surface area contributed by atoms with Gasteiger partial charge < -0.3 is 10.1 Å². The first-order valence-electron chi connectivity index (χ1n) is 7.62. The van der Waals surface area contributed by atoms with E-state index < -0.39 is 0 Å². The lowest BCUT2D eigenvalue weighted by atomic mass is 9.90. The molecule has 1 unspecified atom stereocenters. The van der Waals surface area contributed by atoms with E-state index in [-0.39, 0.29) is 0 Å². The molecule has 2 aromatic rings. The van der Waals surface area contributed by atoms with Crippen LogP contribution in [0.25, 0.3) is 5.52 Å². The maximum absolute atomic E-state index is 5.47. The van der Waals surface area contributed by atoms with E-state index in [1.807, 2.05) is 23.0 Å². The van der Waals surface area contributed by atoms with Crippen LogP contribution in [0.1, 0.15) is 37.8 Å². The van der Waals surface area contributed by atoms with Crippen molar-refractivity contribution >= 4 is 5.52 Å². The zero-order valence-electron chi connectivity index (χ0n) is 12.1. The Hall–Kier alpha value is -1.39. The van der Waals surface area contributed by atoms with Crippen LogP contribution in [0.15, 0.2) is 30.6 Å². The van der Waals surface area contributed by atoms with Crippen LogP contribution in [0.2, 0.25) is 0 Å². The number of aromatic nitrogens is 2. The second-order valence-corrected chi connectivity index (χ2v) is 5.53. The Balaban J connectivity index is 1.81. The van der Waals surface area contributed by atoms with Gasteiger partial charge in [0.25, 0.3) is 0 Å². The molecule has 0 aliphatic carbocycles. The van der Waals surface area contributed by atoms with E-state index in [0.717, 1.165) is 25.7 Å². The first-order chi connectivity index (χ1) is 9.88. The minimum absolute atomic E-state index is 0.392. The van der Waals surface area contributed by atoms with Crippen molar-refractivity contribution in [2.75, 3.05) is 19.8 Å². The Morgan fingerprint density at radius 1 is 1.40 bits per heavy atom. The molecule has 20 heavy (non-hydrogen) atoms. The molecular weight excluding hydrogens is 250 g/mol. The van der Waals surface area contributed by atoms with E-state index >= 15 is 0 Å². The molecule has 4 nitrogen and oxygen atoms in total. The molecule has 1 aliphatic rings. The zero-order chi connectivity index (χ0) is 13.8. The molecule has 3 heterocycles. The van der Waals surface area contributed by atoms with Crippen LogP contribution in [-0.4, -0.2) is 29.4 Å². The summed E-state index contributed by atoms with van der Waals surface area (Å²) < 4.78 is 7.43. The fourth-order valence-electron chi connectivity index (χ4n) is 3.10. The summed E-state index contributed by atoms with van der Waals surface area (Å²) in [7, 11) is 0. The summed E-state index contributed by atoms with van der Waals surface area (Å²) in [5.41, 5.74) is 2.53. The lowest BCUT2D eigenvalue weighted by Crippen LogP contribution is -2.26. The van der Waals surface area contributed by atoms with Gasteiger partial charge in [0, 0.05) is 31.0 Å². The van der Waals surface area contributed by atoms with Crippen LogP contribution in [0.5, 0.6) is 0 Å². The summed E-state index contributed by atoms with van der Waals surface area (Å²) in [5, 5.41) is 8.10. The summed E-state index contributed by atoms with van der Waals surface area (Å²) in [6, 6.07) is 6.64. The highest BCUT2D eigenvalue weighted by Gasteiger charge is 2.22. The van der Waals surface area contributed by atoms with E-state index in [0.29, 0.717) is 6.04 Å². The van der Waals surface area contributed by atoms with E-state index in [2.05, 4.69) is 29.5 Å². The van der Waals surface area contributed by atoms with Crippen molar-refractivity contribution < 1.29 is 4.74 Å². The van der Waals surface area contributed by atoms with Crippen LogP contribution in [0.3, 0.4) is 0 Å². The molecule has 3 rings (SSSR count). The van der Waals surface area contributed by atoms with Gasteiger partial charge in [-0.2, -0.15) is 5.10 Å². The minimum Gasteiger partial charge on any atom is -0.381 e. The molecular formula is C16H23N3O. The summed E-state index contributed by atoms with van der Waals surface area (Å²) in [4.78, 5) is 0. The fourth-order valence-corrected chi connectivity index (χ4v) is 3.10. The molecule has 2 aromatic heterocycles. The van der Waals surface area contributed by atoms with E-state index in [1.54, 1.807) is 0 Å². The van der Waals surface area contributed by atoms with E-state index in [4.69, 9.17) is 4.74 Å². The predicted octanol–water partition coefficient (Wildman–Crippen LogP) is 2.80. The van der Waals surface area contributed by atoms with Gasteiger partial charge in [-0.25, -0.2) is 4.52 Å². The van der Waals surface area contributed by atoms with Crippen molar-refractivity contribution in [2.24, 2.45) is 5.92 Å². The third-order valence-corrected chi connectivity index (χ3v) is 4.19. The molecule has 0 amide bonds. The topological polar surface area (TPSA) is 38.6 Å². The fraction of sp³-hybridized carbons (Fsp3) is 0.562. The van der Waals surface area contributed by atoms with E-state index in [9.17, 15) is 0 Å². The van der Waals surface area contributed by atoms with Crippen molar-refractivity contribution in [1.29, 1.82) is 0 Å². The SMILES string of the molecule is CCNC(CC1CCOCC1)c1cnn2ccccc12. The zero-order valence-corrected chi connectivity index (χ0v) is 12.1. The largest absolute Gasteiger partial charge is 0.381 e. The number of hydrogen-bond acceptors (Lipinski definition) is 3. The van der Waals surface area contributed by atoms with Crippen LogP contribution in [0, 0.1) is 5.92 Å². The molecule has 0 spiro atoms. The molecule has 1 fully saturated rings. The number of pyridine rings is 1. The molecule has 1 N–H and O–H groups in total. The summed E-state index contributed by atoms with van der Waals surface area (Å²) in [6.07, 6.45) is 7.56. The number of ether oxygens (including phenoxy) is 1. The van der Waals surface area contributed by atoms with Gasteiger partial charge >= 0.3 is 0 Å². The standard InChI is InChI=1S/C16H23N3O/c1-2-17-15(11-13-6-9-20-10-7-13)14-12-18-19-8-4-3-5-16(14)19/h3-5,8,12-13,15,17H,2,6-7,9-11H2,1H3. The van der Waals surface area contributed by atoms with Gasteiger partial charge in [-0.3, -0.25) is 0 Å². The van der Waals surface area contributed by atoms with Crippen molar-refractivity contribution in [1.82, 2.24) is 14.9 Å². The Labute approximate surface area is 120 Å². The molecule has 108 valence electrons. The van der Waals surface area contributed by atoms with Crippen molar-refractivity contribution in [3.05, 3.63) is 36.2 Å². The molecule has 0 saturated carbocycles. The Kier molecular flexibility index (Phi) is 4.33. The van der Waals surface area contributed by atoms with Crippen LogP contribution >= 0.6 is 0 Å². The first-order valence-corrected chi connectivity index (χ1v) is 7.62. The van der Waals surface area contributed by atoms with Crippen LogP contribution in [0.4, 0.5) is 0 Å². The third-order valence-electron chi connectivity index (χ3n) is 4.19. The number of nitrogens with one attached hydrogen (secondary N) is 1. The Morgan fingerprint density at radius 2 is 2.25 bits per heavy atom. The molecule has 4 heteroatoms. The highest BCUT2D eigenvalue weighted by atomic mass is 16.5. The smallest absolute Gasteiger partial charge is 0.0709 e. The Bertz CT molecular complexity index is 545. The molecule has 1 atom stereocenters. The van der Waals surface area contributed by atoms with Crippen LogP contribution < -0.4 is 5.32 Å².